The molecule has 0 aromatic carbocycles. The molecule has 0 aromatic rings. The zero-order valence-electron chi connectivity index (χ0n) is 4.55. The Morgan fingerprint density at radius 2 is 1.86 bits per heavy atom. The van der Waals surface area contributed by atoms with Gasteiger partial charge in [-0.15, -0.1) is 0 Å². The highest BCUT2D eigenvalue weighted by atomic mass is 16.6. The van der Waals surface area contributed by atoms with Crippen LogP contribution in [0, 0.1) is 5.92 Å². The van der Waals surface area contributed by atoms with E-state index >= 15 is 0 Å². The third kappa shape index (κ3) is 0.480. The van der Waals surface area contributed by atoms with E-state index in [0.29, 0.717) is 12.2 Å². The van der Waals surface area contributed by atoms with Gasteiger partial charge in [-0.05, 0) is 18.8 Å². The molecular weight excluding hydrogens is 88.1 g/mol. The fourth-order valence-electron chi connectivity index (χ4n) is 1.48. The third-order valence-electron chi connectivity index (χ3n) is 1.96. The van der Waals surface area contributed by atoms with E-state index in [2.05, 4.69) is 6.92 Å². The molecule has 0 amide bonds. The van der Waals surface area contributed by atoms with Gasteiger partial charge in [-0.2, -0.15) is 0 Å². The van der Waals surface area contributed by atoms with Gasteiger partial charge in [0.05, 0.1) is 12.2 Å². The average Bonchev–Trinajstić information content (AvgIpc) is 2.15. The van der Waals surface area contributed by atoms with Crippen molar-refractivity contribution in [3.8, 4) is 0 Å². The molecule has 1 heterocycles. The molecule has 1 unspecified atom stereocenters. The molecule has 1 saturated carbocycles. The van der Waals surface area contributed by atoms with Crippen LogP contribution in [0.15, 0.2) is 0 Å². The van der Waals surface area contributed by atoms with Gasteiger partial charge in [0.25, 0.3) is 0 Å². The summed E-state index contributed by atoms with van der Waals surface area (Å²) in [6, 6.07) is 0. The van der Waals surface area contributed by atoms with E-state index in [1.807, 2.05) is 0 Å². The van der Waals surface area contributed by atoms with Gasteiger partial charge < -0.3 is 4.74 Å². The number of epoxide rings is 1. The van der Waals surface area contributed by atoms with Crippen LogP contribution in [0.25, 0.3) is 0 Å². The smallest absolute Gasteiger partial charge is 0.0844 e. The van der Waals surface area contributed by atoms with Crippen LogP contribution < -0.4 is 0 Å². The molecule has 0 N–H and O–H groups in total. The predicted molar refractivity (Wildman–Crippen MR) is 27.1 cm³/mol. The molecular formula is C6H10O. The normalized spacial score (nSPS) is 57.0. The van der Waals surface area contributed by atoms with Crippen molar-refractivity contribution in [1.29, 1.82) is 0 Å². The van der Waals surface area contributed by atoms with Crippen molar-refractivity contribution in [2.24, 2.45) is 5.92 Å². The molecule has 2 aliphatic rings. The quantitative estimate of drug-likeness (QED) is 0.414. The van der Waals surface area contributed by atoms with E-state index in [0.717, 1.165) is 5.92 Å². The Kier molecular flexibility index (Phi) is 0.571. The molecule has 7 heavy (non-hydrogen) atoms. The van der Waals surface area contributed by atoms with Gasteiger partial charge in [-0.3, -0.25) is 0 Å². The van der Waals surface area contributed by atoms with E-state index in [4.69, 9.17) is 4.74 Å². The van der Waals surface area contributed by atoms with Crippen LogP contribution in [0.4, 0.5) is 0 Å². The summed E-state index contributed by atoms with van der Waals surface area (Å²) in [4.78, 5) is 0. The fraction of sp³-hybridized carbons (Fsp3) is 1.00. The first-order valence-electron chi connectivity index (χ1n) is 3.02. The van der Waals surface area contributed by atoms with Gasteiger partial charge >= 0.3 is 0 Å². The van der Waals surface area contributed by atoms with Gasteiger partial charge in [0.15, 0.2) is 0 Å². The second-order valence-electron chi connectivity index (χ2n) is 2.79. The topological polar surface area (TPSA) is 12.5 Å². The number of fused-ring (bicyclic) bond motifs is 1. The minimum Gasteiger partial charge on any atom is -0.370 e. The lowest BCUT2D eigenvalue weighted by atomic mass is 10.1. The van der Waals surface area contributed by atoms with E-state index in [9.17, 15) is 0 Å². The highest BCUT2D eigenvalue weighted by molar-refractivity contribution is 4.93. The van der Waals surface area contributed by atoms with Crippen molar-refractivity contribution in [2.45, 2.75) is 32.0 Å². The Morgan fingerprint density at radius 3 is 2.14 bits per heavy atom. The summed E-state index contributed by atoms with van der Waals surface area (Å²) in [6.45, 7) is 2.30. The molecule has 0 bridgehead atoms. The van der Waals surface area contributed by atoms with E-state index in [-0.39, 0.29) is 0 Å². The minimum atomic E-state index is 0.690. The van der Waals surface area contributed by atoms with Gasteiger partial charge in [0, 0.05) is 0 Å². The van der Waals surface area contributed by atoms with Crippen molar-refractivity contribution in [1.82, 2.24) is 0 Å². The van der Waals surface area contributed by atoms with E-state index in [1.54, 1.807) is 0 Å². The summed E-state index contributed by atoms with van der Waals surface area (Å²) in [6.07, 6.45) is 4.03. The fourth-order valence-corrected chi connectivity index (χ4v) is 1.48. The van der Waals surface area contributed by atoms with Crippen LogP contribution in [0.2, 0.25) is 0 Å². The van der Waals surface area contributed by atoms with Crippen LogP contribution in [-0.2, 0) is 4.74 Å². The van der Waals surface area contributed by atoms with Crippen LogP contribution in [0.5, 0.6) is 0 Å². The maximum absolute atomic E-state index is 5.22. The highest BCUT2D eigenvalue weighted by Gasteiger charge is 2.45. The Hall–Kier alpha value is -0.0400. The second-order valence-corrected chi connectivity index (χ2v) is 2.79. The molecule has 0 aromatic heterocycles. The third-order valence-corrected chi connectivity index (χ3v) is 1.96. The maximum Gasteiger partial charge on any atom is 0.0844 e. The molecule has 40 valence electrons. The Morgan fingerprint density at radius 1 is 1.29 bits per heavy atom. The number of ether oxygens (including phenoxy) is 1. The summed E-state index contributed by atoms with van der Waals surface area (Å²) in [7, 11) is 0. The number of rotatable bonds is 0. The molecule has 1 nitrogen and oxygen atoms in total. The van der Waals surface area contributed by atoms with Crippen molar-refractivity contribution in [3.05, 3.63) is 0 Å². The largest absolute Gasteiger partial charge is 0.370 e. The van der Waals surface area contributed by atoms with Crippen molar-refractivity contribution in [3.63, 3.8) is 0 Å². The molecule has 2 fully saturated rings. The van der Waals surface area contributed by atoms with E-state index in [1.165, 1.54) is 12.8 Å². The lowest BCUT2D eigenvalue weighted by Crippen LogP contribution is -1.90. The highest BCUT2D eigenvalue weighted by Crippen LogP contribution is 2.41. The molecule has 1 aliphatic heterocycles. The standard InChI is InChI=1S/C6H10O/c1-4-2-5-6(3-4)7-5/h4-6H,2-3H2,1H3/t4?,5-,6+. The lowest BCUT2D eigenvalue weighted by molar-refractivity contribution is 0.283. The molecule has 1 aliphatic carbocycles. The van der Waals surface area contributed by atoms with Gasteiger partial charge in [0.2, 0.25) is 0 Å². The van der Waals surface area contributed by atoms with Crippen LogP contribution in [0.1, 0.15) is 19.8 Å². The van der Waals surface area contributed by atoms with Crippen molar-refractivity contribution < 1.29 is 4.74 Å². The molecule has 3 atom stereocenters. The van der Waals surface area contributed by atoms with Gasteiger partial charge in [-0.1, -0.05) is 6.92 Å². The molecule has 0 radical (unpaired) electrons. The average molecular weight is 98.1 g/mol. The lowest BCUT2D eigenvalue weighted by Gasteiger charge is -1.98. The molecule has 1 heteroatoms. The van der Waals surface area contributed by atoms with Crippen LogP contribution >= 0.6 is 0 Å². The monoisotopic (exact) mass is 98.1 g/mol. The summed E-state index contributed by atoms with van der Waals surface area (Å²) in [5.41, 5.74) is 0. The minimum absolute atomic E-state index is 0.690. The molecule has 0 spiro atoms. The summed E-state index contributed by atoms with van der Waals surface area (Å²) < 4.78 is 5.22. The number of hydrogen-bond acceptors (Lipinski definition) is 1. The van der Waals surface area contributed by atoms with Crippen molar-refractivity contribution in [2.75, 3.05) is 0 Å². The Balaban J connectivity index is 2.02. The zero-order chi connectivity index (χ0) is 4.85. The second kappa shape index (κ2) is 1.03. The molecule has 2 rings (SSSR count). The summed E-state index contributed by atoms with van der Waals surface area (Å²) in [5.74, 6) is 0.948. The number of hydrogen-bond donors (Lipinski definition) is 0. The van der Waals surface area contributed by atoms with Gasteiger partial charge in [-0.25, -0.2) is 0 Å². The Bertz CT molecular complexity index is 80.2. The van der Waals surface area contributed by atoms with Crippen LogP contribution in [0.3, 0.4) is 0 Å². The first-order valence-corrected chi connectivity index (χ1v) is 3.02. The summed E-state index contributed by atoms with van der Waals surface area (Å²) >= 11 is 0. The summed E-state index contributed by atoms with van der Waals surface area (Å²) in [5, 5.41) is 0. The Labute approximate surface area is 43.7 Å². The van der Waals surface area contributed by atoms with Gasteiger partial charge in [0.1, 0.15) is 0 Å². The van der Waals surface area contributed by atoms with E-state index < -0.39 is 0 Å². The first kappa shape index (κ1) is 3.90. The van der Waals surface area contributed by atoms with Crippen LogP contribution in [-0.4, -0.2) is 12.2 Å². The SMILES string of the molecule is CC1C[C@@H]2O[C@@H]2C1. The van der Waals surface area contributed by atoms with Crippen molar-refractivity contribution >= 4 is 0 Å². The zero-order valence-corrected chi connectivity index (χ0v) is 4.55. The maximum atomic E-state index is 5.22. The molecule has 1 saturated heterocycles. The first-order chi connectivity index (χ1) is 3.36. The predicted octanol–water partition coefficient (Wildman–Crippen LogP) is 1.18.